The third kappa shape index (κ3) is 2.83. The van der Waals surface area contributed by atoms with Crippen molar-refractivity contribution in [2.45, 2.75) is 0 Å². The Balaban J connectivity index is 2.28. The topological polar surface area (TPSA) is 29.6 Å². The van der Waals surface area contributed by atoms with Crippen LogP contribution in [0.15, 0.2) is 72.8 Å². The molecule has 8 heteroatoms. The molecule has 0 radical (unpaired) electrons. The van der Waals surface area contributed by atoms with E-state index in [0.29, 0.717) is 0 Å². The fourth-order valence-electron chi connectivity index (χ4n) is 5.46. The molecule has 0 spiro atoms. The third-order valence-electron chi connectivity index (χ3n) is 7.00. The molecule has 0 aliphatic heterocycles. The average molecular weight is 577 g/mol. The maximum atomic E-state index is 8.30. The number of hydrogen-bond acceptors (Lipinski definition) is 0. The van der Waals surface area contributed by atoms with Gasteiger partial charge >= 0.3 is 210 Å². The van der Waals surface area contributed by atoms with Crippen molar-refractivity contribution in [2.24, 2.45) is 42.3 Å². The van der Waals surface area contributed by atoms with E-state index in [1.165, 1.54) is 33.1 Å². The minimum absolute atomic E-state index is 1.15. The van der Waals surface area contributed by atoms with Gasteiger partial charge in [0.25, 0.3) is 0 Å². The van der Waals surface area contributed by atoms with Gasteiger partial charge in [-0.15, -0.1) is 0 Å². The zero-order valence-corrected chi connectivity index (χ0v) is 23.2. The first-order chi connectivity index (χ1) is 16.8. The van der Waals surface area contributed by atoms with Gasteiger partial charge in [0, 0.05) is 0 Å². The number of nitrogens with zero attached hydrogens (tertiary/aromatic N) is 6. The van der Waals surface area contributed by atoms with Crippen molar-refractivity contribution in [3.05, 3.63) is 84.8 Å². The van der Waals surface area contributed by atoms with Crippen LogP contribution in [0.25, 0.3) is 33.1 Å². The molecule has 184 valence electrons. The molecule has 0 aliphatic carbocycles. The fraction of sp³-hybridized carbons (Fsp3) is 0.222. The zero-order chi connectivity index (χ0) is 24.6. The molecule has 3 heterocycles. The van der Waals surface area contributed by atoms with Crippen LogP contribution in [-0.4, -0.2) is 27.4 Å². The van der Waals surface area contributed by atoms with E-state index < -0.39 is 12.4 Å². The molecule has 0 fully saturated rings. The predicted molar refractivity (Wildman–Crippen MR) is 141 cm³/mol. The molecule has 6 rings (SSSR count). The number of imidazole rings is 3. The van der Waals surface area contributed by atoms with E-state index in [1.54, 1.807) is 0 Å². The van der Waals surface area contributed by atoms with Crippen molar-refractivity contribution >= 4 is 42.8 Å². The summed E-state index contributed by atoms with van der Waals surface area (Å²) in [6.45, 7) is 0. The number of fused-ring (bicyclic) bond motifs is 3. The molecule has 0 aliphatic rings. The van der Waals surface area contributed by atoms with Gasteiger partial charge in [-0.05, 0) is 0 Å². The summed E-state index contributed by atoms with van der Waals surface area (Å²) in [4.78, 5) is 0. The van der Waals surface area contributed by atoms with Gasteiger partial charge in [-0.1, -0.05) is 0 Å². The molecule has 0 bridgehead atoms. The summed E-state index contributed by atoms with van der Waals surface area (Å²) >= 11 is -3.47. The Bertz CT molecular complexity index is 1780. The first-order valence-electron chi connectivity index (χ1n) is 11.5. The standard InChI is InChI=1S/3C9H10N2.ClH.Rh/c3*1-10-7-11(2)9-6-4-3-5-8(9)10;;/h3*3-6H,1-2H3;1H;/q;;;;+1/p-1. The quantitative estimate of drug-likeness (QED) is 0.214. The van der Waals surface area contributed by atoms with Gasteiger partial charge in [-0.25, -0.2) is 0 Å². The van der Waals surface area contributed by atoms with E-state index in [0.717, 1.165) is 12.0 Å². The van der Waals surface area contributed by atoms with E-state index in [2.05, 4.69) is 142 Å². The van der Waals surface area contributed by atoms with Gasteiger partial charge in [-0.2, -0.15) is 0 Å². The summed E-state index contributed by atoms with van der Waals surface area (Å²) in [7, 11) is 21.2. The van der Waals surface area contributed by atoms with Gasteiger partial charge in [0.1, 0.15) is 0 Å². The average Bonchev–Trinajstić information content (AvgIpc) is 3.40. The predicted octanol–water partition coefficient (Wildman–Crippen LogP) is 5.48. The zero-order valence-electron chi connectivity index (χ0n) is 20.8. The Morgan fingerprint density at radius 2 is 0.571 bits per heavy atom. The molecule has 3 aromatic carbocycles. The van der Waals surface area contributed by atoms with Gasteiger partial charge in [-0.3, -0.25) is 0 Å². The molecule has 0 atom stereocenters. The first kappa shape index (κ1) is 22.4. The monoisotopic (exact) mass is 576 g/mol. The van der Waals surface area contributed by atoms with Crippen molar-refractivity contribution in [3.8, 4) is 0 Å². The van der Waals surface area contributed by atoms with Crippen molar-refractivity contribution in [1.82, 2.24) is 27.4 Å². The number of aryl methyl sites for hydroxylation is 6. The van der Waals surface area contributed by atoms with E-state index >= 15 is 0 Å². The van der Waals surface area contributed by atoms with Crippen LogP contribution in [0.2, 0.25) is 0 Å². The molecule has 0 saturated heterocycles. The summed E-state index contributed by atoms with van der Waals surface area (Å²) in [5.41, 5.74) is 7.06. The molecular formula is C27H30ClN6Rh. The van der Waals surface area contributed by atoms with Crippen LogP contribution < -0.4 is 0 Å². The van der Waals surface area contributed by atoms with Crippen LogP contribution in [0, 0.1) is 12.0 Å². The number of hydrogen-bond donors (Lipinski definition) is 0. The second-order valence-corrected chi connectivity index (χ2v) is 15.6. The van der Waals surface area contributed by atoms with E-state index in [9.17, 15) is 0 Å². The van der Waals surface area contributed by atoms with Crippen molar-refractivity contribution < 1.29 is 12.4 Å². The molecule has 3 aromatic heterocycles. The summed E-state index contributed by atoms with van der Waals surface area (Å²) in [5, 5.41) is 0. The summed E-state index contributed by atoms with van der Waals surface area (Å²) in [6.07, 6.45) is 0. The van der Waals surface area contributed by atoms with Gasteiger partial charge in [0.15, 0.2) is 0 Å². The van der Waals surface area contributed by atoms with E-state index in [4.69, 9.17) is 9.69 Å². The van der Waals surface area contributed by atoms with Crippen LogP contribution in [0.1, 0.15) is 0 Å². The molecule has 0 saturated carbocycles. The second kappa shape index (κ2) is 7.74. The van der Waals surface area contributed by atoms with Crippen LogP contribution in [0.5, 0.6) is 0 Å². The van der Waals surface area contributed by atoms with Crippen molar-refractivity contribution in [1.29, 1.82) is 0 Å². The van der Waals surface area contributed by atoms with E-state index in [-0.39, 0.29) is 0 Å². The number of aromatic nitrogens is 6. The molecule has 6 aromatic rings. The van der Waals surface area contributed by atoms with E-state index in [1.807, 2.05) is 0 Å². The van der Waals surface area contributed by atoms with Gasteiger partial charge in [0.05, 0.1) is 0 Å². The van der Waals surface area contributed by atoms with Gasteiger partial charge in [0.2, 0.25) is 0 Å². The fourth-order valence-corrected chi connectivity index (χ4v) is 15.2. The number of para-hydroxylation sites is 6. The second-order valence-electron chi connectivity index (χ2n) is 9.01. The Hall–Kier alpha value is -3.02. The summed E-state index contributed by atoms with van der Waals surface area (Å²) in [5.74, 6) is 0. The minimum atomic E-state index is -3.47. The molecule has 6 nitrogen and oxygen atoms in total. The normalized spacial score (nSPS) is 12.9. The third-order valence-corrected chi connectivity index (χ3v) is 15.3. The van der Waals surface area contributed by atoms with Crippen LogP contribution >= 0.6 is 9.69 Å². The van der Waals surface area contributed by atoms with Crippen molar-refractivity contribution in [3.63, 3.8) is 0 Å². The van der Waals surface area contributed by atoms with Crippen molar-refractivity contribution in [2.75, 3.05) is 0 Å². The maximum absolute atomic E-state index is 8.30. The molecule has 0 amide bonds. The van der Waals surface area contributed by atoms with Crippen LogP contribution in [0.3, 0.4) is 0 Å². The number of halogens is 1. The Morgan fingerprint density at radius 1 is 0.400 bits per heavy atom. The SMILES string of the molecule is Cn1[c](=[Rh]([Cl])(=[c]2n(C)c3ccccc3n2C)=[c]2n(C)c3ccccc3n2C)n(C)c2ccccc21. The molecular weight excluding hydrogens is 547 g/mol. The molecule has 0 unspecified atom stereocenters. The summed E-state index contributed by atoms with van der Waals surface area (Å²) in [6, 6.07) is 25.6. The van der Waals surface area contributed by atoms with Crippen LogP contribution in [-0.2, 0) is 54.7 Å². The first-order valence-corrected chi connectivity index (χ1v) is 16.0. The summed E-state index contributed by atoms with van der Waals surface area (Å²) < 4.78 is 17.3. The Kier molecular flexibility index (Phi) is 4.97. The Labute approximate surface area is 209 Å². The molecule has 0 N–H and O–H groups in total. The van der Waals surface area contributed by atoms with Crippen LogP contribution in [0.4, 0.5) is 0 Å². The molecule has 35 heavy (non-hydrogen) atoms. The number of benzene rings is 3. The Morgan fingerprint density at radius 3 is 0.743 bits per heavy atom. The van der Waals surface area contributed by atoms with Gasteiger partial charge < -0.3 is 0 Å². The number of rotatable bonds is 0.